The Morgan fingerprint density at radius 2 is 1.90 bits per heavy atom. The number of unbranched alkanes of at least 4 members (excludes halogenated alkanes) is 1. The third-order valence-electron chi connectivity index (χ3n) is 5.99. The second-order valence-corrected chi connectivity index (χ2v) is 8.38. The fourth-order valence-electron chi connectivity index (χ4n) is 4.22. The zero-order chi connectivity index (χ0) is 22.1. The predicted octanol–water partition coefficient (Wildman–Crippen LogP) is 3.60. The van der Waals surface area contributed by atoms with Gasteiger partial charge < -0.3 is 19.5 Å². The predicted molar refractivity (Wildman–Crippen MR) is 116 cm³/mol. The van der Waals surface area contributed by atoms with Gasteiger partial charge in [0.25, 0.3) is 0 Å². The third-order valence-corrected chi connectivity index (χ3v) is 5.99. The van der Waals surface area contributed by atoms with Gasteiger partial charge in [-0.15, -0.1) is 0 Å². The van der Waals surface area contributed by atoms with Crippen molar-refractivity contribution in [2.45, 2.75) is 71.4 Å². The summed E-state index contributed by atoms with van der Waals surface area (Å²) in [5, 5.41) is 10.4. The number of carbonyl (C=O) groups is 2. The van der Waals surface area contributed by atoms with Crippen molar-refractivity contribution < 1.29 is 24.2 Å². The van der Waals surface area contributed by atoms with Gasteiger partial charge in [-0.1, -0.05) is 32.4 Å². The van der Waals surface area contributed by atoms with Gasteiger partial charge in [-0.3, -0.25) is 4.79 Å². The number of carbonyl (C=O) groups excluding carboxylic acids is 2. The number of aliphatic hydroxyl groups is 1. The van der Waals surface area contributed by atoms with Gasteiger partial charge in [0, 0.05) is 12.5 Å². The highest BCUT2D eigenvalue weighted by molar-refractivity contribution is 5.82. The lowest BCUT2D eigenvalue weighted by Crippen LogP contribution is -2.49. The number of amides is 1. The Morgan fingerprint density at radius 3 is 2.50 bits per heavy atom. The summed E-state index contributed by atoms with van der Waals surface area (Å²) < 4.78 is 10.1. The first kappa shape index (κ1) is 24.2. The molecule has 0 bridgehead atoms. The molecule has 1 aliphatic rings. The van der Waals surface area contributed by atoms with E-state index in [4.69, 9.17) is 9.47 Å². The molecule has 1 N–H and O–H groups in total. The lowest BCUT2D eigenvalue weighted by molar-refractivity contribution is -0.158. The van der Waals surface area contributed by atoms with Crippen LogP contribution in [0.25, 0.3) is 0 Å². The number of benzene rings is 1. The molecule has 6 nitrogen and oxygen atoms in total. The van der Waals surface area contributed by atoms with E-state index in [1.165, 1.54) is 5.56 Å². The van der Waals surface area contributed by atoms with Gasteiger partial charge in [0.1, 0.15) is 5.75 Å². The van der Waals surface area contributed by atoms with Crippen molar-refractivity contribution in [1.29, 1.82) is 0 Å². The molecule has 0 radical (unpaired) electrons. The van der Waals surface area contributed by atoms with Gasteiger partial charge in [-0.05, 0) is 62.6 Å². The molecule has 3 atom stereocenters. The standard InChI is InChI=1S/C24H37NO5/c1-5-30-24(28)22(26)21-11-8-16-25(21)23(27)20(17(2)3)10-7-6-9-18-12-14-19(29-4)15-13-18/h12-15,17,20-22,26H,5-11,16H2,1-4H3/t20-,21-,22?/m0/s1. The maximum Gasteiger partial charge on any atom is 0.337 e. The highest BCUT2D eigenvalue weighted by Gasteiger charge is 2.40. The molecule has 2 rings (SSSR count). The van der Waals surface area contributed by atoms with Crippen LogP contribution in [0.4, 0.5) is 0 Å². The van der Waals surface area contributed by atoms with Gasteiger partial charge >= 0.3 is 5.97 Å². The smallest absolute Gasteiger partial charge is 0.337 e. The molecular weight excluding hydrogens is 382 g/mol. The molecule has 1 aliphatic heterocycles. The molecular formula is C24H37NO5. The molecule has 1 heterocycles. The van der Waals surface area contributed by atoms with Crippen LogP contribution in [0, 0.1) is 11.8 Å². The molecule has 0 spiro atoms. The molecule has 1 fully saturated rings. The number of aryl methyl sites for hydroxylation is 1. The molecule has 168 valence electrons. The van der Waals surface area contributed by atoms with Crippen molar-refractivity contribution in [3.05, 3.63) is 29.8 Å². The van der Waals surface area contributed by atoms with E-state index in [2.05, 4.69) is 26.0 Å². The molecule has 0 aliphatic carbocycles. The van der Waals surface area contributed by atoms with Crippen LogP contribution in [0.2, 0.25) is 0 Å². The van der Waals surface area contributed by atoms with Crippen LogP contribution in [0.5, 0.6) is 5.75 Å². The number of methoxy groups -OCH3 is 1. The maximum absolute atomic E-state index is 13.3. The van der Waals surface area contributed by atoms with E-state index >= 15 is 0 Å². The molecule has 0 saturated carbocycles. The Labute approximate surface area is 180 Å². The van der Waals surface area contributed by atoms with E-state index < -0.39 is 18.1 Å². The summed E-state index contributed by atoms with van der Waals surface area (Å²) in [6, 6.07) is 7.62. The highest BCUT2D eigenvalue weighted by atomic mass is 16.5. The van der Waals surface area contributed by atoms with Crippen LogP contribution in [0.3, 0.4) is 0 Å². The summed E-state index contributed by atoms with van der Waals surface area (Å²) in [5.41, 5.74) is 1.26. The quantitative estimate of drug-likeness (QED) is 0.438. The minimum Gasteiger partial charge on any atom is -0.497 e. The SMILES string of the molecule is CCOC(=O)C(O)[C@@H]1CCCN1C(=O)[C@@H](CCCCc1ccc(OC)cc1)C(C)C. The van der Waals surface area contributed by atoms with Crippen molar-refractivity contribution in [2.24, 2.45) is 11.8 Å². The molecule has 6 heteroatoms. The van der Waals surface area contributed by atoms with Crippen LogP contribution in [-0.2, 0) is 20.7 Å². The Kier molecular flexibility index (Phi) is 9.63. The number of hydrogen-bond donors (Lipinski definition) is 1. The Balaban J connectivity index is 1.90. The van der Waals surface area contributed by atoms with E-state index in [1.54, 1.807) is 18.9 Å². The summed E-state index contributed by atoms with van der Waals surface area (Å²) in [7, 11) is 1.66. The Hall–Kier alpha value is -2.08. The van der Waals surface area contributed by atoms with E-state index in [0.29, 0.717) is 13.0 Å². The molecule has 1 unspecified atom stereocenters. The van der Waals surface area contributed by atoms with Crippen LogP contribution < -0.4 is 4.74 Å². The summed E-state index contributed by atoms with van der Waals surface area (Å²) in [5.74, 6) is 0.382. The zero-order valence-corrected chi connectivity index (χ0v) is 18.8. The average Bonchev–Trinajstić information content (AvgIpc) is 3.23. The minimum atomic E-state index is -1.26. The number of hydrogen-bond acceptors (Lipinski definition) is 5. The first-order valence-electron chi connectivity index (χ1n) is 11.2. The summed E-state index contributed by atoms with van der Waals surface area (Å²) in [6.07, 6.45) is 3.92. The van der Waals surface area contributed by atoms with E-state index in [0.717, 1.165) is 37.9 Å². The van der Waals surface area contributed by atoms with Crippen molar-refractivity contribution in [3.8, 4) is 5.75 Å². The van der Waals surface area contributed by atoms with E-state index in [-0.39, 0.29) is 24.3 Å². The van der Waals surface area contributed by atoms with Crippen molar-refractivity contribution in [3.63, 3.8) is 0 Å². The lowest BCUT2D eigenvalue weighted by atomic mass is 9.88. The van der Waals surface area contributed by atoms with Crippen molar-refractivity contribution >= 4 is 11.9 Å². The molecule has 1 saturated heterocycles. The monoisotopic (exact) mass is 419 g/mol. The highest BCUT2D eigenvalue weighted by Crippen LogP contribution is 2.28. The number of esters is 1. The normalized spacial score (nSPS) is 18.3. The van der Waals surface area contributed by atoms with Gasteiger partial charge in [0.2, 0.25) is 5.91 Å². The number of nitrogens with zero attached hydrogens (tertiary/aromatic N) is 1. The van der Waals surface area contributed by atoms with Crippen LogP contribution in [0.15, 0.2) is 24.3 Å². The van der Waals surface area contributed by atoms with Crippen LogP contribution >= 0.6 is 0 Å². The summed E-state index contributed by atoms with van der Waals surface area (Å²) in [4.78, 5) is 27.0. The zero-order valence-electron chi connectivity index (χ0n) is 18.8. The molecule has 30 heavy (non-hydrogen) atoms. The number of ether oxygens (including phenoxy) is 2. The number of rotatable bonds is 11. The van der Waals surface area contributed by atoms with Crippen LogP contribution in [-0.4, -0.2) is 54.3 Å². The average molecular weight is 420 g/mol. The molecule has 1 aromatic rings. The largest absolute Gasteiger partial charge is 0.497 e. The van der Waals surface area contributed by atoms with Gasteiger partial charge in [0.05, 0.1) is 19.8 Å². The Morgan fingerprint density at radius 1 is 1.20 bits per heavy atom. The van der Waals surface area contributed by atoms with E-state index in [9.17, 15) is 14.7 Å². The molecule has 1 aromatic carbocycles. The fraction of sp³-hybridized carbons (Fsp3) is 0.667. The van der Waals surface area contributed by atoms with E-state index in [1.807, 2.05) is 12.1 Å². The summed E-state index contributed by atoms with van der Waals surface area (Å²) >= 11 is 0. The summed E-state index contributed by atoms with van der Waals surface area (Å²) in [6.45, 7) is 6.66. The molecule has 0 aromatic heterocycles. The Bertz CT molecular complexity index is 673. The van der Waals surface area contributed by atoms with Gasteiger partial charge in [-0.25, -0.2) is 4.79 Å². The van der Waals surface area contributed by atoms with Crippen LogP contribution in [0.1, 0.15) is 58.4 Å². The first-order chi connectivity index (χ1) is 14.4. The van der Waals surface area contributed by atoms with Crippen molar-refractivity contribution in [1.82, 2.24) is 4.90 Å². The second kappa shape index (κ2) is 11.9. The van der Waals surface area contributed by atoms with Gasteiger partial charge in [0.15, 0.2) is 6.10 Å². The first-order valence-corrected chi connectivity index (χ1v) is 11.2. The van der Waals surface area contributed by atoms with Gasteiger partial charge in [-0.2, -0.15) is 0 Å². The maximum atomic E-state index is 13.3. The van der Waals surface area contributed by atoms with Crippen molar-refractivity contribution in [2.75, 3.05) is 20.3 Å². The minimum absolute atomic E-state index is 0.0558. The fourth-order valence-corrected chi connectivity index (χ4v) is 4.22. The topological polar surface area (TPSA) is 76.1 Å². The lowest BCUT2D eigenvalue weighted by Gasteiger charge is -2.32. The third kappa shape index (κ3) is 6.46. The second-order valence-electron chi connectivity index (χ2n) is 8.38. The number of aliphatic hydroxyl groups excluding tert-OH is 1. The molecule has 1 amide bonds. The number of likely N-dealkylation sites (tertiary alicyclic amines) is 1.